The Balaban J connectivity index is 2.46. The molecule has 0 aliphatic rings. The van der Waals surface area contributed by atoms with Crippen molar-refractivity contribution in [3.05, 3.63) is 34.7 Å². The summed E-state index contributed by atoms with van der Waals surface area (Å²) in [5.74, 6) is -0.416. The van der Waals surface area contributed by atoms with Crippen molar-refractivity contribution < 1.29 is 9.90 Å². The number of para-hydroxylation sites is 1. The van der Waals surface area contributed by atoms with Crippen LogP contribution in [0.15, 0.2) is 29.6 Å². The Labute approximate surface area is 90.0 Å². The highest BCUT2D eigenvalue weighted by molar-refractivity contribution is 7.12. The minimum absolute atomic E-state index is 0.138. The molecule has 1 aromatic carbocycles. The number of aromatic nitrogens is 1. The predicted molar refractivity (Wildman–Crippen MR) is 57.7 cm³/mol. The number of phenols is 1. The van der Waals surface area contributed by atoms with Crippen molar-refractivity contribution in [1.82, 2.24) is 4.98 Å². The number of carbonyl (C=O) groups excluding carboxylic acids is 1. The van der Waals surface area contributed by atoms with E-state index in [9.17, 15) is 9.90 Å². The monoisotopic (exact) mass is 220 g/mol. The first-order chi connectivity index (χ1) is 7.18. The van der Waals surface area contributed by atoms with Crippen LogP contribution in [0.3, 0.4) is 0 Å². The molecule has 76 valence electrons. The Morgan fingerprint density at radius 3 is 2.73 bits per heavy atom. The third kappa shape index (κ3) is 1.82. The molecule has 2 rings (SSSR count). The van der Waals surface area contributed by atoms with Gasteiger partial charge < -0.3 is 10.8 Å². The van der Waals surface area contributed by atoms with Gasteiger partial charge in [0, 0.05) is 10.9 Å². The number of phenolic OH excluding ortho intramolecular Hbond substituents is 1. The second-order valence-corrected chi connectivity index (χ2v) is 3.78. The molecule has 5 heteroatoms. The Hall–Kier alpha value is -1.88. The highest BCUT2D eigenvalue weighted by Crippen LogP contribution is 2.29. The number of aromatic hydroxyl groups is 1. The van der Waals surface area contributed by atoms with Gasteiger partial charge in [-0.05, 0) is 12.1 Å². The van der Waals surface area contributed by atoms with Gasteiger partial charge in [0.05, 0.1) is 5.69 Å². The molecule has 0 saturated carbocycles. The second-order valence-electron chi connectivity index (χ2n) is 2.92. The lowest BCUT2D eigenvalue weighted by molar-refractivity contribution is 0.1000. The van der Waals surface area contributed by atoms with Crippen LogP contribution in [0, 0.1) is 0 Å². The SMILES string of the molecule is NC(=O)c1nc(-c2ccccc2O)cs1. The normalized spacial score (nSPS) is 10.1. The molecule has 0 aliphatic heterocycles. The first-order valence-corrected chi connectivity index (χ1v) is 5.10. The second kappa shape index (κ2) is 3.70. The van der Waals surface area contributed by atoms with Crippen LogP contribution in [0.2, 0.25) is 0 Å². The molecule has 15 heavy (non-hydrogen) atoms. The Morgan fingerprint density at radius 1 is 1.40 bits per heavy atom. The zero-order valence-corrected chi connectivity index (χ0v) is 8.49. The van der Waals surface area contributed by atoms with Gasteiger partial charge in [-0.25, -0.2) is 4.98 Å². The number of rotatable bonds is 2. The van der Waals surface area contributed by atoms with Gasteiger partial charge in [-0.1, -0.05) is 12.1 Å². The molecule has 2 aromatic rings. The van der Waals surface area contributed by atoms with E-state index in [1.54, 1.807) is 29.6 Å². The minimum Gasteiger partial charge on any atom is -0.507 e. The molecule has 0 bridgehead atoms. The first-order valence-electron chi connectivity index (χ1n) is 4.22. The van der Waals surface area contributed by atoms with E-state index in [1.807, 2.05) is 0 Å². The maximum Gasteiger partial charge on any atom is 0.277 e. The number of nitrogens with two attached hydrogens (primary N) is 1. The van der Waals surface area contributed by atoms with Crippen molar-refractivity contribution in [3.8, 4) is 17.0 Å². The average molecular weight is 220 g/mol. The molecule has 0 radical (unpaired) electrons. The van der Waals surface area contributed by atoms with Gasteiger partial charge in [0.1, 0.15) is 5.75 Å². The van der Waals surface area contributed by atoms with E-state index in [-0.39, 0.29) is 10.8 Å². The predicted octanol–water partition coefficient (Wildman–Crippen LogP) is 1.61. The molecule has 3 N–H and O–H groups in total. The molecule has 1 heterocycles. The molecule has 0 fully saturated rings. The average Bonchev–Trinajstić information content (AvgIpc) is 2.67. The number of carbonyl (C=O) groups is 1. The van der Waals surface area contributed by atoms with Crippen molar-refractivity contribution in [1.29, 1.82) is 0 Å². The van der Waals surface area contributed by atoms with Crippen LogP contribution in [-0.4, -0.2) is 16.0 Å². The Morgan fingerprint density at radius 2 is 2.13 bits per heavy atom. The fourth-order valence-corrected chi connectivity index (χ4v) is 1.87. The van der Waals surface area contributed by atoms with E-state index in [0.717, 1.165) is 11.3 Å². The van der Waals surface area contributed by atoms with Crippen LogP contribution in [0.1, 0.15) is 9.80 Å². The number of hydrogen-bond donors (Lipinski definition) is 2. The summed E-state index contributed by atoms with van der Waals surface area (Å²) >= 11 is 1.16. The lowest BCUT2D eigenvalue weighted by Gasteiger charge is -1.98. The van der Waals surface area contributed by atoms with Crippen LogP contribution >= 0.6 is 11.3 Å². The molecule has 0 atom stereocenters. The van der Waals surface area contributed by atoms with E-state index < -0.39 is 5.91 Å². The first kappa shape index (κ1) is 9.67. The van der Waals surface area contributed by atoms with Crippen molar-refractivity contribution >= 4 is 17.2 Å². The summed E-state index contributed by atoms with van der Waals surface area (Å²) in [6.07, 6.45) is 0. The van der Waals surface area contributed by atoms with E-state index >= 15 is 0 Å². The Kier molecular flexibility index (Phi) is 2.39. The smallest absolute Gasteiger partial charge is 0.277 e. The number of primary amides is 1. The van der Waals surface area contributed by atoms with Crippen LogP contribution in [0.5, 0.6) is 5.75 Å². The van der Waals surface area contributed by atoms with Crippen LogP contribution < -0.4 is 5.73 Å². The van der Waals surface area contributed by atoms with E-state index in [1.165, 1.54) is 0 Å². The van der Waals surface area contributed by atoms with Gasteiger partial charge in [-0.3, -0.25) is 4.79 Å². The Bertz CT molecular complexity index is 508. The van der Waals surface area contributed by atoms with E-state index in [0.29, 0.717) is 11.3 Å². The van der Waals surface area contributed by atoms with Gasteiger partial charge >= 0.3 is 0 Å². The van der Waals surface area contributed by atoms with Gasteiger partial charge in [-0.2, -0.15) is 0 Å². The zero-order valence-electron chi connectivity index (χ0n) is 7.68. The molecule has 0 saturated heterocycles. The molecule has 1 aromatic heterocycles. The fraction of sp³-hybridized carbons (Fsp3) is 0. The number of amides is 1. The van der Waals surface area contributed by atoms with E-state index in [4.69, 9.17) is 5.73 Å². The maximum atomic E-state index is 10.8. The molecular formula is C10H8N2O2S. The highest BCUT2D eigenvalue weighted by atomic mass is 32.1. The quantitative estimate of drug-likeness (QED) is 0.807. The number of benzene rings is 1. The number of hydrogen-bond acceptors (Lipinski definition) is 4. The van der Waals surface area contributed by atoms with Crippen molar-refractivity contribution in [2.24, 2.45) is 5.73 Å². The van der Waals surface area contributed by atoms with Crippen LogP contribution in [0.25, 0.3) is 11.3 Å². The molecule has 0 aliphatic carbocycles. The summed E-state index contributed by atoms with van der Waals surface area (Å²) in [5, 5.41) is 11.5. The zero-order chi connectivity index (χ0) is 10.8. The number of thiazole rings is 1. The highest BCUT2D eigenvalue weighted by Gasteiger charge is 2.10. The van der Waals surface area contributed by atoms with Gasteiger partial charge in [0.25, 0.3) is 5.91 Å². The summed E-state index contributed by atoms with van der Waals surface area (Å²) in [4.78, 5) is 14.9. The fourth-order valence-electron chi connectivity index (χ4n) is 1.20. The molecule has 4 nitrogen and oxygen atoms in total. The lowest BCUT2D eigenvalue weighted by atomic mass is 10.1. The van der Waals surface area contributed by atoms with Gasteiger partial charge in [0.15, 0.2) is 5.01 Å². The summed E-state index contributed by atoms with van der Waals surface area (Å²) in [6, 6.07) is 6.81. The summed E-state index contributed by atoms with van der Waals surface area (Å²) in [6.45, 7) is 0. The van der Waals surface area contributed by atoms with Crippen molar-refractivity contribution in [2.45, 2.75) is 0 Å². The summed E-state index contributed by atoms with van der Waals surface area (Å²) < 4.78 is 0. The van der Waals surface area contributed by atoms with Gasteiger partial charge in [-0.15, -0.1) is 11.3 Å². The standard InChI is InChI=1S/C10H8N2O2S/c11-9(14)10-12-7(5-15-10)6-3-1-2-4-8(6)13/h1-5,13H,(H2,11,14). The third-order valence-corrected chi connectivity index (χ3v) is 2.75. The topological polar surface area (TPSA) is 76.2 Å². The number of nitrogens with zero attached hydrogens (tertiary/aromatic N) is 1. The van der Waals surface area contributed by atoms with Gasteiger partial charge in [0.2, 0.25) is 0 Å². The summed E-state index contributed by atoms with van der Waals surface area (Å²) in [7, 11) is 0. The molecule has 0 unspecified atom stereocenters. The molecule has 1 amide bonds. The minimum atomic E-state index is -0.554. The van der Waals surface area contributed by atoms with Crippen LogP contribution in [0.4, 0.5) is 0 Å². The van der Waals surface area contributed by atoms with E-state index in [2.05, 4.69) is 4.98 Å². The molecule has 0 spiro atoms. The maximum absolute atomic E-state index is 10.8. The summed E-state index contributed by atoms with van der Waals surface area (Å²) in [5.41, 5.74) is 6.25. The van der Waals surface area contributed by atoms with Crippen LogP contribution in [-0.2, 0) is 0 Å². The van der Waals surface area contributed by atoms with Crippen molar-refractivity contribution in [2.75, 3.05) is 0 Å². The lowest BCUT2D eigenvalue weighted by Crippen LogP contribution is -2.10. The third-order valence-electron chi connectivity index (χ3n) is 1.89. The molecular weight excluding hydrogens is 212 g/mol. The van der Waals surface area contributed by atoms with Crippen molar-refractivity contribution in [3.63, 3.8) is 0 Å². The largest absolute Gasteiger partial charge is 0.507 e.